The van der Waals surface area contributed by atoms with Crippen LogP contribution in [-0.2, 0) is 9.47 Å². The van der Waals surface area contributed by atoms with Crippen molar-refractivity contribution in [3.63, 3.8) is 0 Å². The van der Waals surface area contributed by atoms with Gasteiger partial charge in [0, 0.05) is 12.3 Å². The van der Waals surface area contributed by atoms with Gasteiger partial charge in [-0.25, -0.2) is 9.59 Å². The Morgan fingerprint density at radius 1 is 0.821 bits per heavy atom. The summed E-state index contributed by atoms with van der Waals surface area (Å²) in [6.45, 7) is 7.09. The second-order valence-corrected chi connectivity index (χ2v) is 13.1. The molecule has 0 heterocycles. The van der Waals surface area contributed by atoms with E-state index in [1.54, 1.807) is 0 Å². The molecule has 2 aromatic rings. The van der Waals surface area contributed by atoms with Crippen molar-refractivity contribution in [2.24, 2.45) is 34.5 Å². The van der Waals surface area contributed by atoms with Crippen LogP contribution in [0.25, 0.3) is 0 Å². The molecule has 4 heteroatoms. The van der Waals surface area contributed by atoms with Gasteiger partial charge in [-0.3, -0.25) is 0 Å². The highest BCUT2D eigenvalue weighted by atomic mass is 16.5. The molecule has 0 radical (unpaired) electrons. The number of ether oxygens (including phenoxy) is 2. The van der Waals surface area contributed by atoms with Gasteiger partial charge in [0.15, 0.2) is 0 Å². The molecule has 0 N–H and O–H groups in total. The first-order chi connectivity index (χ1) is 18.8. The lowest BCUT2D eigenvalue weighted by Gasteiger charge is -2.58. The summed E-state index contributed by atoms with van der Waals surface area (Å²) < 4.78 is 12.0. The van der Waals surface area contributed by atoms with Gasteiger partial charge in [0.2, 0.25) is 0 Å². The average Bonchev–Trinajstić information content (AvgIpc) is 3.31. The number of fused-ring (bicyclic) bond motifs is 5. The molecule has 0 spiro atoms. The van der Waals surface area contributed by atoms with Gasteiger partial charge in [-0.2, -0.15) is 0 Å². The molecule has 4 aliphatic rings. The molecule has 6 rings (SSSR count). The van der Waals surface area contributed by atoms with Gasteiger partial charge in [0.1, 0.15) is 12.2 Å². The monoisotopic (exact) mass is 526 g/mol. The van der Waals surface area contributed by atoms with Gasteiger partial charge in [0.25, 0.3) is 0 Å². The van der Waals surface area contributed by atoms with Gasteiger partial charge in [-0.05, 0) is 105 Å². The van der Waals surface area contributed by atoms with E-state index < -0.39 is 0 Å². The van der Waals surface area contributed by atoms with E-state index in [9.17, 15) is 9.59 Å². The third-order valence-electron chi connectivity index (χ3n) is 11.3. The standard InChI is InChI=1S/C35H42O4/c1-23(38-32(36)24-10-6-4-7-11-24)29-16-17-30-28-15-14-26-22-27(39-33(37)25-12-8-5-9-13-25)18-20-34(26,2)31(28)19-21-35(29,30)3/h4-14,23,27-31H,15-22H2,1-3H3. The first-order valence-corrected chi connectivity index (χ1v) is 15.0. The molecule has 0 aromatic heterocycles. The van der Waals surface area contributed by atoms with Crippen LogP contribution < -0.4 is 0 Å². The summed E-state index contributed by atoms with van der Waals surface area (Å²) in [4.78, 5) is 25.5. The van der Waals surface area contributed by atoms with Gasteiger partial charge >= 0.3 is 11.9 Å². The molecule has 0 saturated heterocycles. The van der Waals surface area contributed by atoms with Crippen LogP contribution >= 0.6 is 0 Å². The number of carbonyl (C=O) groups is 2. The number of hydrogen-bond acceptors (Lipinski definition) is 4. The van der Waals surface area contributed by atoms with Crippen molar-refractivity contribution >= 4 is 11.9 Å². The van der Waals surface area contributed by atoms with E-state index in [0.717, 1.165) is 32.1 Å². The summed E-state index contributed by atoms with van der Waals surface area (Å²) in [6, 6.07) is 18.7. The van der Waals surface area contributed by atoms with Crippen LogP contribution in [0.4, 0.5) is 0 Å². The number of rotatable bonds is 5. The second-order valence-electron chi connectivity index (χ2n) is 13.1. The molecule has 4 nitrogen and oxygen atoms in total. The summed E-state index contributed by atoms with van der Waals surface area (Å²) in [5.74, 6) is 2.03. The van der Waals surface area contributed by atoms with E-state index in [4.69, 9.17) is 9.47 Å². The predicted octanol–water partition coefficient (Wildman–Crippen LogP) is 8.04. The maximum atomic E-state index is 12.8. The zero-order valence-corrected chi connectivity index (χ0v) is 23.6. The van der Waals surface area contributed by atoms with E-state index in [1.165, 1.54) is 24.8 Å². The maximum absolute atomic E-state index is 12.8. The summed E-state index contributed by atoms with van der Waals surface area (Å²) in [5, 5.41) is 0. The highest BCUT2D eigenvalue weighted by Gasteiger charge is 2.59. The lowest BCUT2D eigenvalue weighted by Crippen LogP contribution is -2.51. The number of allylic oxidation sites excluding steroid dienone is 1. The van der Waals surface area contributed by atoms with E-state index in [0.29, 0.717) is 34.8 Å². The van der Waals surface area contributed by atoms with Crippen LogP contribution in [0.2, 0.25) is 0 Å². The van der Waals surface area contributed by atoms with Crippen LogP contribution in [0.1, 0.15) is 92.9 Å². The summed E-state index contributed by atoms with van der Waals surface area (Å²) in [6.07, 6.45) is 11.2. The molecule has 0 bridgehead atoms. The minimum absolute atomic E-state index is 0.0292. The predicted molar refractivity (Wildman–Crippen MR) is 152 cm³/mol. The van der Waals surface area contributed by atoms with Crippen molar-refractivity contribution in [3.05, 3.63) is 83.4 Å². The fourth-order valence-corrected chi connectivity index (χ4v) is 9.23. The van der Waals surface area contributed by atoms with E-state index in [-0.39, 0.29) is 35.0 Å². The largest absolute Gasteiger partial charge is 0.459 e. The van der Waals surface area contributed by atoms with Crippen molar-refractivity contribution in [2.45, 2.75) is 84.3 Å². The summed E-state index contributed by atoms with van der Waals surface area (Å²) >= 11 is 0. The highest BCUT2D eigenvalue weighted by Crippen LogP contribution is 2.66. The fraction of sp³-hybridized carbons (Fsp3) is 0.543. The van der Waals surface area contributed by atoms with Gasteiger partial charge in [-0.1, -0.05) is 61.9 Å². The van der Waals surface area contributed by atoms with Crippen LogP contribution in [-0.4, -0.2) is 24.1 Å². The normalized spacial score (nSPS) is 36.0. The molecule has 0 amide bonds. The Bertz CT molecular complexity index is 1240. The van der Waals surface area contributed by atoms with Crippen LogP contribution in [0.15, 0.2) is 72.3 Å². The van der Waals surface area contributed by atoms with Crippen LogP contribution in [0, 0.1) is 34.5 Å². The maximum Gasteiger partial charge on any atom is 0.338 e. The third kappa shape index (κ3) is 4.64. The van der Waals surface area contributed by atoms with Crippen molar-refractivity contribution < 1.29 is 19.1 Å². The molecule has 8 unspecified atom stereocenters. The first-order valence-electron chi connectivity index (χ1n) is 15.0. The van der Waals surface area contributed by atoms with E-state index in [2.05, 4.69) is 26.8 Å². The molecule has 3 saturated carbocycles. The minimum Gasteiger partial charge on any atom is -0.459 e. The summed E-state index contributed by atoms with van der Waals surface area (Å²) in [5.41, 5.74) is 3.19. The second kappa shape index (κ2) is 10.3. The SMILES string of the molecule is CC(OC(=O)c1ccccc1)C1CCC2C3CC=C4CC(OC(=O)c5ccccc5)CCC4(C)C3CCC12C. The molecule has 8 atom stereocenters. The van der Waals surface area contributed by atoms with E-state index in [1.807, 2.05) is 60.7 Å². The Hall–Kier alpha value is -2.88. The number of benzene rings is 2. The van der Waals surface area contributed by atoms with Gasteiger partial charge in [0.05, 0.1) is 11.1 Å². The minimum atomic E-state index is -0.203. The van der Waals surface area contributed by atoms with Crippen molar-refractivity contribution in [2.75, 3.05) is 0 Å². The zero-order valence-electron chi connectivity index (χ0n) is 23.6. The van der Waals surface area contributed by atoms with Crippen molar-refractivity contribution in [1.82, 2.24) is 0 Å². The topological polar surface area (TPSA) is 52.6 Å². The molecular weight excluding hydrogens is 484 g/mol. The highest BCUT2D eigenvalue weighted by molar-refractivity contribution is 5.89. The number of hydrogen-bond donors (Lipinski definition) is 0. The molecule has 39 heavy (non-hydrogen) atoms. The molecule has 4 aliphatic carbocycles. The van der Waals surface area contributed by atoms with Crippen LogP contribution in [0.3, 0.4) is 0 Å². The fourth-order valence-electron chi connectivity index (χ4n) is 9.23. The number of esters is 2. The Morgan fingerprint density at radius 3 is 2.18 bits per heavy atom. The Morgan fingerprint density at radius 2 is 1.49 bits per heavy atom. The molecular formula is C35H42O4. The Kier molecular flexibility index (Phi) is 6.93. The molecule has 3 fully saturated rings. The zero-order chi connectivity index (χ0) is 27.2. The van der Waals surface area contributed by atoms with Crippen molar-refractivity contribution in [3.8, 4) is 0 Å². The number of carbonyl (C=O) groups excluding carboxylic acids is 2. The molecule has 206 valence electrons. The van der Waals surface area contributed by atoms with E-state index >= 15 is 0 Å². The first kappa shape index (κ1) is 26.3. The molecule has 0 aliphatic heterocycles. The summed E-state index contributed by atoms with van der Waals surface area (Å²) in [7, 11) is 0. The quantitative estimate of drug-likeness (QED) is 0.292. The van der Waals surface area contributed by atoms with Crippen molar-refractivity contribution in [1.29, 1.82) is 0 Å². The lowest BCUT2D eigenvalue weighted by molar-refractivity contribution is -0.0727. The third-order valence-corrected chi connectivity index (χ3v) is 11.3. The Balaban J connectivity index is 1.14. The van der Waals surface area contributed by atoms with Gasteiger partial charge in [-0.15, -0.1) is 0 Å². The average molecular weight is 527 g/mol. The lowest BCUT2D eigenvalue weighted by atomic mass is 9.47. The van der Waals surface area contributed by atoms with Gasteiger partial charge < -0.3 is 9.47 Å². The Labute approximate surface area is 233 Å². The molecule has 2 aromatic carbocycles. The smallest absolute Gasteiger partial charge is 0.338 e. The van der Waals surface area contributed by atoms with Crippen LogP contribution in [0.5, 0.6) is 0 Å².